The molecule has 1 aromatic rings. The van der Waals surface area contributed by atoms with E-state index in [1.54, 1.807) is 0 Å². The van der Waals surface area contributed by atoms with Gasteiger partial charge >= 0.3 is 0 Å². The van der Waals surface area contributed by atoms with E-state index in [0.29, 0.717) is 11.6 Å². The third kappa shape index (κ3) is 3.43. The van der Waals surface area contributed by atoms with E-state index in [2.05, 4.69) is 11.9 Å². The Morgan fingerprint density at radius 1 is 1.50 bits per heavy atom. The summed E-state index contributed by atoms with van der Waals surface area (Å²) < 4.78 is 5.82. The lowest BCUT2D eigenvalue weighted by Crippen LogP contribution is -2.26. The average molecular weight is 264 g/mol. The zero-order valence-electron chi connectivity index (χ0n) is 11.0. The molecule has 0 spiro atoms. The van der Waals surface area contributed by atoms with Crippen LogP contribution in [0.15, 0.2) is 18.2 Å². The van der Waals surface area contributed by atoms with Crippen LogP contribution in [0.25, 0.3) is 0 Å². The summed E-state index contributed by atoms with van der Waals surface area (Å²) >= 11 is 5.03. The maximum atomic E-state index is 5.82. The molecule has 1 aliphatic rings. The van der Waals surface area contributed by atoms with Crippen molar-refractivity contribution in [3.63, 3.8) is 0 Å². The first kappa shape index (κ1) is 13.3. The second-order valence-electron chi connectivity index (χ2n) is 4.92. The first-order chi connectivity index (χ1) is 8.58. The molecule has 0 amide bonds. The molecule has 2 rings (SSSR count). The van der Waals surface area contributed by atoms with Gasteiger partial charge in [0.15, 0.2) is 0 Å². The smallest absolute Gasteiger partial charge is 0.129 e. The predicted molar refractivity (Wildman–Crippen MR) is 78.2 cm³/mol. The minimum Gasteiger partial charge on any atom is -0.492 e. The molecule has 98 valence electrons. The van der Waals surface area contributed by atoms with Crippen molar-refractivity contribution < 1.29 is 4.74 Å². The quantitative estimate of drug-likeness (QED) is 0.799. The Morgan fingerprint density at radius 3 is 2.83 bits per heavy atom. The Kier molecular flexibility index (Phi) is 4.19. The molecule has 0 heterocycles. The number of rotatable bonds is 6. The molecule has 0 unspecified atom stereocenters. The van der Waals surface area contributed by atoms with Gasteiger partial charge in [0.05, 0.1) is 5.56 Å². The second kappa shape index (κ2) is 5.67. The maximum absolute atomic E-state index is 5.82. The van der Waals surface area contributed by atoms with Crippen molar-refractivity contribution in [1.29, 1.82) is 0 Å². The summed E-state index contributed by atoms with van der Waals surface area (Å²) in [4.78, 5) is 2.73. The fourth-order valence-electron chi connectivity index (χ4n) is 1.95. The Morgan fingerprint density at radius 2 is 2.22 bits per heavy atom. The minimum absolute atomic E-state index is 0.389. The van der Waals surface area contributed by atoms with Gasteiger partial charge in [-0.15, -0.1) is 0 Å². The summed E-state index contributed by atoms with van der Waals surface area (Å²) in [5, 5.41) is 0. The summed E-state index contributed by atoms with van der Waals surface area (Å²) in [7, 11) is 2.14. The Hall–Kier alpha value is -1.13. The van der Waals surface area contributed by atoms with E-state index >= 15 is 0 Å². The number of hydrogen-bond donors (Lipinski definition) is 1. The lowest BCUT2D eigenvalue weighted by molar-refractivity contribution is 0.231. The highest BCUT2D eigenvalue weighted by molar-refractivity contribution is 7.80. The molecular formula is C14H20N2OS. The third-order valence-corrected chi connectivity index (χ3v) is 3.49. The standard InChI is InChI=1S/C14H20N2OS/c1-10-3-6-12(14(15)18)13(9-10)17-8-7-16(2)11-4-5-11/h3,6,9,11H,4-5,7-8H2,1-2H3,(H2,15,18). The molecule has 0 radical (unpaired) electrons. The van der Waals surface area contributed by atoms with Crippen molar-refractivity contribution in [1.82, 2.24) is 4.90 Å². The highest BCUT2D eigenvalue weighted by Gasteiger charge is 2.25. The Labute approximate surface area is 114 Å². The summed E-state index contributed by atoms with van der Waals surface area (Å²) in [6.07, 6.45) is 2.64. The number of aryl methyl sites for hydroxylation is 1. The third-order valence-electron chi connectivity index (χ3n) is 3.27. The van der Waals surface area contributed by atoms with E-state index in [9.17, 15) is 0 Å². The lowest BCUT2D eigenvalue weighted by atomic mass is 10.1. The van der Waals surface area contributed by atoms with Crippen LogP contribution in [-0.4, -0.2) is 36.1 Å². The number of thiocarbonyl (C=S) groups is 1. The molecule has 4 heteroatoms. The van der Waals surface area contributed by atoms with Gasteiger partial charge in [0.25, 0.3) is 0 Å². The van der Waals surface area contributed by atoms with E-state index in [-0.39, 0.29) is 0 Å². The summed E-state index contributed by atoms with van der Waals surface area (Å²) in [6.45, 7) is 3.65. The fourth-order valence-corrected chi connectivity index (χ4v) is 2.12. The first-order valence-corrected chi connectivity index (χ1v) is 6.72. The Bertz CT molecular complexity index is 443. The molecule has 1 fully saturated rings. The average Bonchev–Trinajstić information content (AvgIpc) is 3.12. The number of hydrogen-bond acceptors (Lipinski definition) is 3. The Balaban J connectivity index is 1.94. The van der Waals surface area contributed by atoms with Gasteiger partial charge in [-0.25, -0.2) is 0 Å². The van der Waals surface area contributed by atoms with Crippen LogP contribution in [0.5, 0.6) is 5.75 Å². The van der Waals surface area contributed by atoms with Crippen LogP contribution in [0, 0.1) is 6.92 Å². The van der Waals surface area contributed by atoms with Crippen LogP contribution in [0.3, 0.4) is 0 Å². The van der Waals surface area contributed by atoms with E-state index in [1.807, 2.05) is 25.1 Å². The van der Waals surface area contributed by atoms with Gasteiger partial charge in [0.2, 0.25) is 0 Å². The number of nitrogens with two attached hydrogens (primary N) is 1. The SMILES string of the molecule is Cc1ccc(C(N)=S)c(OCCN(C)C2CC2)c1. The molecule has 1 aromatic carbocycles. The molecule has 18 heavy (non-hydrogen) atoms. The number of likely N-dealkylation sites (N-methyl/N-ethyl adjacent to an activating group) is 1. The van der Waals surface area contributed by atoms with Gasteiger partial charge in [0.1, 0.15) is 17.3 Å². The maximum Gasteiger partial charge on any atom is 0.129 e. The van der Waals surface area contributed by atoms with E-state index in [4.69, 9.17) is 22.7 Å². The van der Waals surface area contributed by atoms with Crippen molar-refractivity contribution in [2.75, 3.05) is 20.2 Å². The van der Waals surface area contributed by atoms with Crippen molar-refractivity contribution in [3.05, 3.63) is 29.3 Å². The summed E-state index contributed by atoms with van der Waals surface area (Å²) in [6, 6.07) is 6.68. The highest BCUT2D eigenvalue weighted by Crippen LogP contribution is 2.25. The molecular weight excluding hydrogens is 244 g/mol. The summed E-state index contributed by atoms with van der Waals surface area (Å²) in [5.74, 6) is 0.798. The van der Waals surface area contributed by atoms with E-state index in [0.717, 1.165) is 29.5 Å². The van der Waals surface area contributed by atoms with Crippen molar-refractivity contribution >= 4 is 17.2 Å². The molecule has 2 N–H and O–H groups in total. The van der Waals surface area contributed by atoms with E-state index in [1.165, 1.54) is 12.8 Å². The van der Waals surface area contributed by atoms with Crippen molar-refractivity contribution in [2.24, 2.45) is 5.73 Å². The first-order valence-electron chi connectivity index (χ1n) is 6.31. The molecule has 0 aliphatic heterocycles. The molecule has 0 bridgehead atoms. The zero-order valence-corrected chi connectivity index (χ0v) is 11.8. The van der Waals surface area contributed by atoms with Crippen LogP contribution in [0.2, 0.25) is 0 Å². The van der Waals surface area contributed by atoms with Gasteiger partial charge < -0.3 is 15.4 Å². The number of ether oxygens (including phenoxy) is 1. The van der Waals surface area contributed by atoms with Crippen LogP contribution in [0.1, 0.15) is 24.0 Å². The van der Waals surface area contributed by atoms with Crippen LogP contribution in [-0.2, 0) is 0 Å². The van der Waals surface area contributed by atoms with Gasteiger partial charge in [-0.05, 0) is 44.5 Å². The van der Waals surface area contributed by atoms with Gasteiger partial charge in [0, 0.05) is 12.6 Å². The van der Waals surface area contributed by atoms with Gasteiger partial charge in [-0.3, -0.25) is 0 Å². The fraction of sp³-hybridized carbons (Fsp3) is 0.500. The van der Waals surface area contributed by atoms with Crippen LogP contribution >= 0.6 is 12.2 Å². The van der Waals surface area contributed by atoms with E-state index < -0.39 is 0 Å². The van der Waals surface area contributed by atoms with Crippen LogP contribution < -0.4 is 10.5 Å². The number of benzene rings is 1. The minimum atomic E-state index is 0.389. The van der Waals surface area contributed by atoms with Gasteiger partial charge in [-0.2, -0.15) is 0 Å². The molecule has 1 aliphatic carbocycles. The topological polar surface area (TPSA) is 38.5 Å². The second-order valence-corrected chi connectivity index (χ2v) is 5.36. The molecule has 0 aromatic heterocycles. The lowest BCUT2D eigenvalue weighted by Gasteiger charge is -2.17. The monoisotopic (exact) mass is 264 g/mol. The largest absolute Gasteiger partial charge is 0.492 e. The normalized spacial score (nSPS) is 14.8. The molecule has 0 atom stereocenters. The highest BCUT2D eigenvalue weighted by atomic mass is 32.1. The zero-order chi connectivity index (χ0) is 13.1. The number of nitrogens with zero attached hydrogens (tertiary/aromatic N) is 1. The van der Waals surface area contributed by atoms with Crippen molar-refractivity contribution in [2.45, 2.75) is 25.8 Å². The van der Waals surface area contributed by atoms with Crippen LogP contribution in [0.4, 0.5) is 0 Å². The molecule has 0 saturated heterocycles. The molecule has 1 saturated carbocycles. The van der Waals surface area contributed by atoms with Crippen molar-refractivity contribution in [3.8, 4) is 5.75 Å². The van der Waals surface area contributed by atoms with Gasteiger partial charge in [-0.1, -0.05) is 18.3 Å². The molecule has 3 nitrogen and oxygen atoms in total. The predicted octanol–water partition coefficient (Wildman–Crippen LogP) is 2.10. The summed E-state index contributed by atoms with van der Waals surface area (Å²) in [5.41, 5.74) is 7.67.